The molecule has 0 bridgehead atoms. The van der Waals surface area contributed by atoms with E-state index in [-0.39, 0.29) is 23.6 Å². The molecule has 2 amide bonds. The van der Waals surface area contributed by atoms with Gasteiger partial charge in [0.15, 0.2) is 5.78 Å². The van der Waals surface area contributed by atoms with Crippen molar-refractivity contribution in [2.75, 3.05) is 25.9 Å². The van der Waals surface area contributed by atoms with E-state index in [1.54, 1.807) is 43.6 Å². The summed E-state index contributed by atoms with van der Waals surface area (Å²) in [5.74, 6) is -2.32. The quantitative estimate of drug-likeness (QED) is 0.437. The maximum Gasteiger partial charge on any atom is 0.225 e. The fourth-order valence-corrected chi connectivity index (χ4v) is 5.01. The van der Waals surface area contributed by atoms with Crippen molar-refractivity contribution in [2.24, 2.45) is 17.3 Å². The van der Waals surface area contributed by atoms with Gasteiger partial charge in [-0.05, 0) is 56.3 Å². The Labute approximate surface area is 193 Å². The van der Waals surface area contributed by atoms with E-state index in [1.807, 2.05) is 19.2 Å². The number of benzene rings is 1. The van der Waals surface area contributed by atoms with Gasteiger partial charge in [-0.1, -0.05) is 19.1 Å². The molecule has 4 atom stereocenters. The molecular weight excluding hydrogens is 418 g/mol. The first kappa shape index (κ1) is 22.9. The molecule has 8 nitrogen and oxygen atoms in total. The summed E-state index contributed by atoms with van der Waals surface area (Å²) in [6.45, 7) is 3.76. The number of pyridine rings is 1. The minimum absolute atomic E-state index is 0.0125. The molecule has 2 heterocycles. The van der Waals surface area contributed by atoms with Crippen LogP contribution in [0.25, 0.3) is 0 Å². The summed E-state index contributed by atoms with van der Waals surface area (Å²) in [5.41, 5.74) is 6.49. The van der Waals surface area contributed by atoms with E-state index in [4.69, 9.17) is 5.73 Å². The van der Waals surface area contributed by atoms with Gasteiger partial charge < -0.3 is 21.3 Å². The average Bonchev–Trinajstić information content (AvgIpc) is 3.45. The van der Waals surface area contributed by atoms with Gasteiger partial charge in [0.1, 0.15) is 0 Å². The van der Waals surface area contributed by atoms with Gasteiger partial charge in [0, 0.05) is 42.8 Å². The monoisotopic (exact) mass is 449 g/mol. The summed E-state index contributed by atoms with van der Waals surface area (Å²) in [6, 6.07) is 10.4. The molecule has 33 heavy (non-hydrogen) atoms. The normalized spacial score (nSPS) is 26.9. The molecule has 1 saturated carbocycles. The van der Waals surface area contributed by atoms with Gasteiger partial charge in [0.25, 0.3) is 0 Å². The van der Waals surface area contributed by atoms with Crippen molar-refractivity contribution in [3.63, 3.8) is 0 Å². The molecule has 174 valence electrons. The number of nitrogens with two attached hydrogens (primary N) is 1. The third-order valence-corrected chi connectivity index (χ3v) is 6.96. The maximum absolute atomic E-state index is 13.5. The van der Waals surface area contributed by atoms with E-state index in [0.29, 0.717) is 17.8 Å². The highest BCUT2D eigenvalue weighted by Crippen LogP contribution is 2.60. The van der Waals surface area contributed by atoms with Crippen molar-refractivity contribution in [1.82, 2.24) is 20.5 Å². The second-order valence-electron chi connectivity index (χ2n) is 9.34. The van der Waals surface area contributed by atoms with Crippen LogP contribution in [0.3, 0.4) is 0 Å². The van der Waals surface area contributed by atoms with Crippen LogP contribution in [-0.4, -0.2) is 53.7 Å². The number of hydrogen-bond acceptors (Lipinski definition) is 6. The van der Waals surface area contributed by atoms with Gasteiger partial charge in [-0.2, -0.15) is 0 Å². The minimum atomic E-state index is -1.15. The van der Waals surface area contributed by atoms with Crippen LogP contribution in [0.2, 0.25) is 0 Å². The molecule has 2 fully saturated rings. The number of anilines is 1. The van der Waals surface area contributed by atoms with E-state index in [1.165, 1.54) is 0 Å². The highest BCUT2D eigenvalue weighted by Gasteiger charge is 2.72. The van der Waals surface area contributed by atoms with E-state index in [0.717, 1.165) is 31.5 Å². The van der Waals surface area contributed by atoms with E-state index in [2.05, 4.69) is 20.5 Å². The van der Waals surface area contributed by atoms with Gasteiger partial charge in [0.2, 0.25) is 11.8 Å². The number of nitrogens with zero attached hydrogens (tertiary/aromatic N) is 2. The smallest absolute Gasteiger partial charge is 0.225 e. The first-order valence-corrected chi connectivity index (χ1v) is 11.4. The van der Waals surface area contributed by atoms with Crippen molar-refractivity contribution in [3.05, 3.63) is 59.9 Å². The number of Topliss-reactive ketones (excluding diaryl/α,β-unsaturated/α-hetero) is 1. The Kier molecular flexibility index (Phi) is 6.47. The van der Waals surface area contributed by atoms with Crippen LogP contribution in [-0.2, 0) is 16.1 Å². The molecule has 1 aromatic carbocycles. The fourth-order valence-electron chi connectivity index (χ4n) is 5.01. The average molecular weight is 450 g/mol. The lowest BCUT2D eigenvalue weighted by Gasteiger charge is -2.30. The van der Waals surface area contributed by atoms with Crippen LogP contribution in [0.15, 0.2) is 48.8 Å². The molecule has 2 aromatic rings. The van der Waals surface area contributed by atoms with E-state index in [9.17, 15) is 14.4 Å². The molecule has 2 aliphatic rings. The number of hydrogen-bond donors (Lipinski definition) is 3. The summed E-state index contributed by atoms with van der Waals surface area (Å²) in [5, 5.41) is 5.99. The molecule has 1 unspecified atom stereocenters. The molecule has 4 rings (SSSR count). The van der Waals surface area contributed by atoms with Gasteiger partial charge in [0.05, 0.1) is 17.3 Å². The van der Waals surface area contributed by atoms with Crippen LogP contribution in [0.1, 0.15) is 35.7 Å². The zero-order valence-electron chi connectivity index (χ0n) is 19.1. The van der Waals surface area contributed by atoms with Crippen molar-refractivity contribution in [2.45, 2.75) is 32.4 Å². The molecule has 4 N–H and O–H groups in total. The summed E-state index contributed by atoms with van der Waals surface area (Å²) in [4.78, 5) is 46.2. The van der Waals surface area contributed by atoms with E-state index < -0.39 is 17.3 Å². The van der Waals surface area contributed by atoms with Crippen LogP contribution in [0, 0.1) is 17.3 Å². The summed E-state index contributed by atoms with van der Waals surface area (Å²) in [7, 11) is 2.02. The largest absolute Gasteiger partial charge is 0.398 e. The van der Waals surface area contributed by atoms with E-state index >= 15 is 0 Å². The summed E-state index contributed by atoms with van der Waals surface area (Å²) >= 11 is 0. The summed E-state index contributed by atoms with van der Waals surface area (Å²) in [6.07, 6.45) is 5.19. The first-order chi connectivity index (χ1) is 15.8. The Morgan fingerprint density at radius 2 is 1.82 bits per heavy atom. The number of aromatic nitrogens is 1. The Balaban J connectivity index is 1.54. The van der Waals surface area contributed by atoms with Gasteiger partial charge in [-0.15, -0.1) is 0 Å². The minimum Gasteiger partial charge on any atom is -0.398 e. The number of carbonyl (C=O) groups is 3. The first-order valence-electron chi connectivity index (χ1n) is 11.4. The SMILES string of the molecule is CN1CCCC(NC(=O)[C@H]2[C@@H](C(=O)NCc3ccncc3)[C@@]2(C)C(=O)c2ccccc2N)C1. The summed E-state index contributed by atoms with van der Waals surface area (Å²) < 4.78 is 0. The molecule has 1 saturated heterocycles. The molecule has 1 aromatic heterocycles. The second-order valence-corrected chi connectivity index (χ2v) is 9.34. The fraction of sp³-hybridized carbons (Fsp3) is 0.440. The number of ketones is 1. The number of piperidine rings is 1. The Bertz CT molecular complexity index is 1040. The number of likely N-dealkylation sites (N-methyl/N-ethyl adjacent to an activating group) is 1. The maximum atomic E-state index is 13.5. The molecule has 0 spiro atoms. The van der Waals surface area contributed by atoms with Gasteiger partial charge in [-0.3, -0.25) is 19.4 Å². The lowest BCUT2D eigenvalue weighted by Crippen LogP contribution is -2.47. The predicted molar refractivity (Wildman–Crippen MR) is 125 cm³/mol. The van der Waals surface area contributed by atoms with Crippen LogP contribution in [0.4, 0.5) is 5.69 Å². The lowest BCUT2D eigenvalue weighted by atomic mass is 9.91. The Morgan fingerprint density at radius 3 is 2.52 bits per heavy atom. The number of para-hydroxylation sites is 1. The number of nitrogen functional groups attached to an aromatic ring is 1. The lowest BCUT2D eigenvalue weighted by molar-refractivity contribution is -0.127. The predicted octanol–water partition coefficient (Wildman–Crippen LogP) is 1.63. The zero-order valence-corrected chi connectivity index (χ0v) is 19.1. The Hall–Kier alpha value is -3.26. The molecule has 0 radical (unpaired) electrons. The Morgan fingerprint density at radius 1 is 1.12 bits per heavy atom. The highest BCUT2D eigenvalue weighted by atomic mass is 16.2. The number of amides is 2. The van der Waals surface area contributed by atoms with Crippen molar-refractivity contribution in [3.8, 4) is 0 Å². The van der Waals surface area contributed by atoms with Crippen molar-refractivity contribution >= 4 is 23.3 Å². The van der Waals surface area contributed by atoms with Crippen LogP contribution >= 0.6 is 0 Å². The topological polar surface area (TPSA) is 117 Å². The van der Waals surface area contributed by atoms with Crippen LogP contribution < -0.4 is 16.4 Å². The molecule has 1 aliphatic heterocycles. The number of likely N-dealkylation sites (tertiary alicyclic amines) is 1. The molecule has 1 aliphatic carbocycles. The highest BCUT2D eigenvalue weighted by molar-refractivity contribution is 6.14. The third kappa shape index (κ3) is 4.61. The number of rotatable bonds is 7. The zero-order chi connectivity index (χ0) is 23.6. The van der Waals surface area contributed by atoms with Gasteiger partial charge >= 0.3 is 0 Å². The number of carbonyl (C=O) groups excluding carboxylic acids is 3. The standard InChI is InChI=1S/C25H31N5O3/c1-25(22(31)18-7-3-4-8-19(18)26)20(23(32)28-14-16-9-11-27-12-10-16)21(25)24(33)29-17-6-5-13-30(2)15-17/h3-4,7-12,17,20-21H,5-6,13-15,26H2,1-2H3,(H,28,32)(H,29,33)/t17?,20-,21+,25+/m0/s1. The molecule has 8 heteroatoms. The second kappa shape index (κ2) is 9.31. The van der Waals surface area contributed by atoms with Crippen molar-refractivity contribution < 1.29 is 14.4 Å². The van der Waals surface area contributed by atoms with Crippen LogP contribution in [0.5, 0.6) is 0 Å². The van der Waals surface area contributed by atoms with Gasteiger partial charge in [-0.25, -0.2) is 0 Å². The third-order valence-electron chi connectivity index (χ3n) is 6.96. The number of nitrogens with one attached hydrogen (secondary N) is 2. The van der Waals surface area contributed by atoms with Crippen molar-refractivity contribution in [1.29, 1.82) is 0 Å². The molecular formula is C25H31N5O3.